The van der Waals surface area contributed by atoms with E-state index in [0.717, 1.165) is 6.42 Å². The fourth-order valence-corrected chi connectivity index (χ4v) is 2.26. The largest absolute Gasteiger partial charge is 0.392 e. The van der Waals surface area contributed by atoms with E-state index in [0.29, 0.717) is 12.8 Å². The summed E-state index contributed by atoms with van der Waals surface area (Å²) in [6, 6.07) is 0. The quantitative estimate of drug-likeness (QED) is 0.379. The molecular weight excluding hydrogens is 180 g/mol. The SMILES string of the molecule is C=CCC12C=CCCC1C(=O)OC2=O. The van der Waals surface area contributed by atoms with Crippen molar-refractivity contribution in [1.29, 1.82) is 0 Å². The Labute approximate surface area is 82.4 Å². The van der Waals surface area contributed by atoms with Gasteiger partial charge in [-0.1, -0.05) is 18.2 Å². The van der Waals surface area contributed by atoms with Crippen LogP contribution in [0.4, 0.5) is 0 Å². The molecular formula is C11H12O3. The number of carbonyl (C=O) groups is 2. The standard InChI is InChI=1S/C11H12O3/c1-2-6-11-7-4-3-5-8(11)9(12)14-10(11)13/h2,4,7-8H,1,3,5-6H2. The zero-order chi connectivity index (χ0) is 10.2. The third-order valence-electron chi connectivity index (χ3n) is 3.00. The molecule has 2 unspecified atom stereocenters. The van der Waals surface area contributed by atoms with Gasteiger partial charge < -0.3 is 4.74 Å². The average Bonchev–Trinajstić information content (AvgIpc) is 2.41. The molecule has 0 aromatic carbocycles. The average molecular weight is 192 g/mol. The monoisotopic (exact) mass is 192 g/mol. The highest BCUT2D eigenvalue weighted by Gasteiger charge is 2.55. The van der Waals surface area contributed by atoms with Gasteiger partial charge in [0.1, 0.15) is 5.41 Å². The van der Waals surface area contributed by atoms with E-state index < -0.39 is 11.4 Å². The fourth-order valence-electron chi connectivity index (χ4n) is 2.26. The van der Waals surface area contributed by atoms with Crippen molar-refractivity contribution >= 4 is 11.9 Å². The van der Waals surface area contributed by atoms with Crippen LogP contribution in [-0.4, -0.2) is 11.9 Å². The van der Waals surface area contributed by atoms with Crippen LogP contribution in [0.15, 0.2) is 24.8 Å². The number of fused-ring (bicyclic) bond motifs is 1. The Bertz CT molecular complexity index is 329. The number of ether oxygens (including phenoxy) is 1. The van der Waals surface area contributed by atoms with Crippen LogP contribution >= 0.6 is 0 Å². The predicted molar refractivity (Wildman–Crippen MR) is 50.2 cm³/mol. The Morgan fingerprint density at radius 2 is 2.43 bits per heavy atom. The maximum Gasteiger partial charge on any atom is 0.324 e. The lowest BCUT2D eigenvalue weighted by Crippen LogP contribution is -2.33. The third kappa shape index (κ3) is 1.05. The van der Waals surface area contributed by atoms with Crippen molar-refractivity contribution in [1.82, 2.24) is 0 Å². The summed E-state index contributed by atoms with van der Waals surface area (Å²) >= 11 is 0. The van der Waals surface area contributed by atoms with E-state index in [2.05, 4.69) is 11.3 Å². The smallest absolute Gasteiger partial charge is 0.324 e. The highest BCUT2D eigenvalue weighted by atomic mass is 16.6. The number of hydrogen-bond acceptors (Lipinski definition) is 3. The van der Waals surface area contributed by atoms with Crippen molar-refractivity contribution in [3.05, 3.63) is 24.8 Å². The molecule has 2 aliphatic rings. The summed E-state index contributed by atoms with van der Waals surface area (Å²) in [7, 11) is 0. The maximum absolute atomic E-state index is 11.6. The number of carbonyl (C=O) groups excluding carboxylic acids is 2. The summed E-state index contributed by atoms with van der Waals surface area (Å²) in [4.78, 5) is 23.0. The van der Waals surface area contributed by atoms with E-state index in [-0.39, 0.29) is 11.9 Å². The minimum atomic E-state index is -0.739. The first-order valence-corrected chi connectivity index (χ1v) is 4.75. The fraction of sp³-hybridized carbons (Fsp3) is 0.455. The Morgan fingerprint density at radius 3 is 3.14 bits per heavy atom. The molecule has 0 bridgehead atoms. The van der Waals surface area contributed by atoms with Crippen LogP contribution in [0.2, 0.25) is 0 Å². The number of rotatable bonds is 2. The van der Waals surface area contributed by atoms with Gasteiger partial charge in [0.25, 0.3) is 0 Å². The lowest BCUT2D eigenvalue weighted by atomic mass is 9.70. The first-order chi connectivity index (χ1) is 6.70. The van der Waals surface area contributed by atoms with Gasteiger partial charge in [0.05, 0.1) is 5.92 Å². The highest BCUT2D eigenvalue weighted by Crippen LogP contribution is 2.46. The molecule has 0 amide bonds. The van der Waals surface area contributed by atoms with Gasteiger partial charge in [0, 0.05) is 0 Å². The van der Waals surface area contributed by atoms with E-state index >= 15 is 0 Å². The minimum Gasteiger partial charge on any atom is -0.392 e. The van der Waals surface area contributed by atoms with Gasteiger partial charge in [-0.25, -0.2) is 0 Å². The molecule has 0 N–H and O–H groups in total. The van der Waals surface area contributed by atoms with E-state index in [4.69, 9.17) is 0 Å². The van der Waals surface area contributed by atoms with Crippen molar-refractivity contribution in [2.45, 2.75) is 19.3 Å². The molecule has 0 aromatic heterocycles. The molecule has 1 heterocycles. The molecule has 0 spiro atoms. The van der Waals surface area contributed by atoms with Crippen molar-refractivity contribution in [3.63, 3.8) is 0 Å². The predicted octanol–water partition coefficient (Wildman–Crippen LogP) is 1.60. The van der Waals surface area contributed by atoms with Gasteiger partial charge >= 0.3 is 11.9 Å². The number of allylic oxidation sites excluding steroid dienone is 2. The van der Waals surface area contributed by atoms with E-state index in [1.54, 1.807) is 6.08 Å². The Balaban J connectivity index is 2.43. The van der Waals surface area contributed by atoms with Gasteiger partial charge in [-0.2, -0.15) is 0 Å². The van der Waals surface area contributed by atoms with Crippen molar-refractivity contribution in [2.24, 2.45) is 11.3 Å². The first kappa shape index (κ1) is 9.19. The van der Waals surface area contributed by atoms with Gasteiger partial charge in [0.15, 0.2) is 0 Å². The van der Waals surface area contributed by atoms with Crippen LogP contribution < -0.4 is 0 Å². The zero-order valence-electron chi connectivity index (χ0n) is 7.86. The third-order valence-corrected chi connectivity index (χ3v) is 3.00. The number of cyclic esters (lactones) is 2. The maximum atomic E-state index is 11.6. The van der Waals surface area contributed by atoms with Crippen LogP contribution in [0.3, 0.4) is 0 Å². The molecule has 3 heteroatoms. The molecule has 1 aliphatic carbocycles. The number of esters is 2. The summed E-state index contributed by atoms with van der Waals surface area (Å²) in [6.07, 6.45) is 7.46. The number of hydrogen-bond donors (Lipinski definition) is 0. The Kier molecular flexibility index (Phi) is 2.02. The molecule has 0 radical (unpaired) electrons. The zero-order valence-corrected chi connectivity index (χ0v) is 7.86. The minimum absolute atomic E-state index is 0.294. The van der Waals surface area contributed by atoms with Crippen LogP contribution in [0, 0.1) is 11.3 Å². The highest BCUT2D eigenvalue weighted by molar-refractivity contribution is 6.00. The van der Waals surface area contributed by atoms with Crippen molar-refractivity contribution in [2.75, 3.05) is 0 Å². The van der Waals surface area contributed by atoms with E-state index in [1.165, 1.54) is 0 Å². The second kappa shape index (κ2) is 3.08. The van der Waals surface area contributed by atoms with Crippen LogP contribution in [0.5, 0.6) is 0 Å². The normalized spacial score (nSPS) is 35.3. The molecule has 74 valence electrons. The lowest BCUT2D eigenvalue weighted by molar-refractivity contribution is -0.154. The second-order valence-electron chi connectivity index (χ2n) is 3.77. The molecule has 0 saturated carbocycles. The topological polar surface area (TPSA) is 43.4 Å². The molecule has 14 heavy (non-hydrogen) atoms. The molecule has 1 aliphatic heterocycles. The molecule has 1 saturated heterocycles. The summed E-state index contributed by atoms with van der Waals surface area (Å²) < 4.78 is 4.69. The second-order valence-corrected chi connectivity index (χ2v) is 3.77. The molecule has 1 fully saturated rings. The Morgan fingerprint density at radius 1 is 1.64 bits per heavy atom. The summed E-state index contributed by atoms with van der Waals surface area (Å²) in [5, 5.41) is 0. The first-order valence-electron chi connectivity index (χ1n) is 4.75. The summed E-state index contributed by atoms with van der Waals surface area (Å²) in [5.41, 5.74) is -0.739. The summed E-state index contributed by atoms with van der Waals surface area (Å²) in [5.74, 6) is -1.08. The van der Waals surface area contributed by atoms with Gasteiger partial charge in [0.2, 0.25) is 0 Å². The molecule has 3 nitrogen and oxygen atoms in total. The van der Waals surface area contributed by atoms with E-state index in [9.17, 15) is 9.59 Å². The van der Waals surface area contributed by atoms with Crippen LogP contribution in [-0.2, 0) is 14.3 Å². The van der Waals surface area contributed by atoms with Crippen molar-refractivity contribution in [3.8, 4) is 0 Å². The summed E-state index contributed by atoms with van der Waals surface area (Å²) in [6.45, 7) is 3.62. The van der Waals surface area contributed by atoms with Gasteiger partial charge in [-0.15, -0.1) is 6.58 Å². The van der Waals surface area contributed by atoms with E-state index in [1.807, 2.05) is 12.2 Å². The van der Waals surface area contributed by atoms with Crippen molar-refractivity contribution < 1.29 is 14.3 Å². The Hall–Kier alpha value is -1.38. The molecule has 2 rings (SSSR count). The lowest BCUT2D eigenvalue weighted by Gasteiger charge is -2.27. The van der Waals surface area contributed by atoms with Crippen LogP contribution in [0.1, 0.15) is 19.3 Å². The van der Waals surface area contributed by atoms with Crippen LogP contribution in [0.25, 0.3) is 0 Å². The van der Waals surface area contributed by atoms with Gasteiger partial charge in [-0.3, -0.25) is 9.59 Å². The molecule has 2 atom stereocenters. The van der Waals surface area contributed by atoms with Gasteiger partial charge in [-0.05, 0) is 19.3 Å². The molecule has 0 aromatic rings.